The van der Waals surface area contributed by atoms with Gasteiger partial charge < -0.3 is 15.1 Å². The van der Waals surface area contributed by atoms with Gasteiger partial charge in [-0.05, 0) is 31.9 Å². The van der Waals surface area contributed by atoms with Gasteiger partial charge in [0.1, 0.15) is 0 Å². The number of benzene rings is 1. The third-order valence-corrected chi connectivity index (χ3v) is 4.46. The number of anilines is 1. The number of piperazine rings is 1. The van der Waals surface area contributed by atoms with Crippen LogP contribution in [-0.2, 0) is 4.79 Å². The maximum atomic E-state index is 12.1. The van der Waals surface area contributed by atoms with E-state index in [-0.39, 0.29) is 11.9 Å². The number of hydrogen-bond acceptors (Lipinski definition) is 2. The first-order valence-electron chi connectivity index (χ1n) is 7.69. The molecule has 0 aromatic heterocycles. The highest BCUT2D eigenvalue weighted by molar-refractivity contribution is 5.80. The van der Waals surface area contributed by atoms with E-state index in [0.717, 1.165) is 39.0 Å². The van der Waals surface area contributed by atoms with Crippen molar-refractivity contribution in [1.82, 2.24) is 5.32 Å². The zero-order valence-electron chi connectivity index (χ0n) is 12.1. The molecule has 1 aliphatic carbocycles. The van der Waals surface area contributed by atoms with Gasteiger partial charge in [-0.2, -0.15) is 0 Å². The second-order valence-electron chi connectivity index (χ2n) is 5.99. The first kappa shape index (κ1) is 13.4. The Balaban J connectivity index is 1.51. The number of amides is 1. The quantitative estimate of drug-likeness (QED) is 0.814. The molecule has 1 amide bonds. The van der Waals surface area contributed by atoms with Crippen LogP contribution >= 0.6 is 0 Å². The lowest BCUT2D eigenvalue weighted by atomic mass is 10.2. The molecule has 0 radical (unpaired) electrons. The molecule has 1 saturated heterocycles. The summed E-state index contributed by atoms with van der Waals surface area (Å²) in [6.45, 7) is 6.19. The second-order valence-corrected chi connectivity index (χ2v) is 5.99. The van der Waals surface area contributed by atoms with Crippen LogP contribution in [0.4, 0.5) is 5.69 Å². The van der Waals surface area contributed by atoms with Gasteiger partial charge in [-0.3, -0.25) is 4.79 Å². The number of para-hydroxylation sites is 1. The molecule has 1 heterocycles. The molecule has 2 aliphatic rings. The number of carbonyl (C=O) groups is 1. The average molecular weight is 274 g/mol. The van der Waals surface area contributed by atoms with Crippen LogP contribution in [0.25, 0.3) is 0 Å². The van der Waals surface area contributed by atoms with Crippen molar-refractivity contribution in [3.8, 4) is 0 Å². The fraction of sp³-hybridized carbons (Fsp3) is 0.562. The number of carbonyl (C=O) groups excluding carboxylic acids is 1. The van der Waals surface area contributed by atoms with E-state index in [9.17, 15) is 4.79 Å². The summed E-state index contributed by atoms with van der Waals surface area (Å²) in [6.07, 6.45) is 2.32. The van der Waals surface area contributed by atoms with Crippen LogP contribution in [-0.4, -0.2) is 44.2 Å². The molecule has 0 unspecified atom stereocenters. The monoisotopic (exact) mass is 274 g/mol. The maximum absolute atomic E-state index is 12.1. The van der Waals surface area contributed by atoms with Crippen molar-refractivity contribution in [2.45, 2.75) is 31.8 Å². The van der Waals surface area contributed by atoms with Crippen LogP contribution in [0.5, 0.6) is 0 Å². The van der Waals surface area contributed by atoms with E-state index in [4.69, 9.17) is 0 Å². The summed E-state index contributed by atoms with van der Waals surface area (Å²) < 4.78 is 0. The normalized spacial score (nSPS) is 21.6. The molecule has 1 aromatic rings. The predicted octanol–water partition coefficient (Wildman–Crippen LogP) is 0.0586. The van der Waals surface area contributed by atoms with Gasteiger partial charge in [-0.15, -0.1) is 0 Å². The molecule has 20 heavy (non-hydrogen) atoms. The van der Waals surface area contributed by atoms with E-state index in [0.29, 0.717) is 6.04 Å². The third kappa shape index (κ3) is 3.12. The molecule has 3 rings (SSSR count). The number of quaternary nitrogens is 1. The second kappa shape index (κ2) is 5.83. The largest absolute Gasteiger partial charge is 0.360 e. The van der Waals surface area contributed by atoms with E-state index in [1.807, 2.05) is 0 Å². The van der Waals surface area contributed by atoms with E-state index in [1.54, 1.807) is 0 Å². The summed E-state index contributed by atoms with van der Waals surface area (Å²) in [7, 11) is 0. The Morgan fingerprint density at radius 3 is 2.50 bits per heavy atom. The Bertz CT molecular complexity index is 450. The van der Waals surface area contributed by atoms with Crippen molar-refractivity contribution in [1.29, 1.82) is 0 Å². The molecule has 2 N–H and O–H groups in total. The molecule has 1 aromatic carbocycles. The van der Waals surface area contributed by atoms with Crippen LogP contribution in [0, 0.1) is 0 Å². The van der Waals surface area contributed by atoms with Gasteiger partial charge in [-0.1, -0.05) is 18.2 Å². The maximum Gasteiger partial charge on any atom is 0.278 e. The van der Waals surface area contributed by atoms with Gasteiger partial charge in [0.05, 0.1) is 26.2 Å². The van der Waals surface area contributed by atoms with Gasteiger partial charge in [0.2, 0.25) is 0 Å². The number of rotatable bonds is 4. The lowest BCUT2D eigenvalue weighted by Crippen LogP contribution is -3.19. The Labute approximate surface area is 120 Å². The smallest absolute Gasteiger partial charge is 0.278 e. The molecule has 108 valence electrons. The summed E-state index contributed by atoms with van der Waals surface area (Å²) in [5.74, 6) is 0.232. The molecule has 1 aliphatic heterocycles. The van der Waals surface area contributed by atoms with Crippen molar-refractivity contribution < 1.29 is 9.69 Å². The Hall–Kier alpha value is -1.55. The minimum atomic E-state index is 0.0773. The first-order valence-corrected chi connectivity index (χ1v) is 7.69. The molecule has 0 spiro atoms. The minimum Gasteiger partial charge on any atom is -0.360 e. The van der Waals surface area contributed by atoms with Crippen LogP contribution < -0.4 is 15.1 Å². The van der Waals surface area contributed by atoms with Crippen molar-refractivity contribution in [2.24, 2.45) is 0 Å². The van der Waals surface area contributed by atoms with E-state index in [1.165, 1.54) is 10.6 Å². The molecular formula is C16H24N3O+. The van der Waals surface area contributed by atoms with Crippen molar-refractivity contribution >= 4 is 11.6 Å². The summed E-state index contributed by atoms with van der Waals surface area (Å²) in [4.78, 5) is 15.9. The van der Waals surface area contributed by atoms with E-state index in [2.05, 4.69) is 47.5 Å². The SMILES string of the molecule is C[C@H](C(=O)NC1CC1)[NH+]1CCN(c2ccccc2)CC1. The Kier molecular flexibility index (Phi) is 3.92. The van der Waals surface area contributed by atoms with Crippen molar-refractivity contribution in [3.63, 3.8) is 0 Å². The third-order valence-electron chi connectivity index (χ3n) is 4.46. The highest BCUT2D eigenvalue weighted by Gasteiger charge is 2.32. The molecule has 2 fully saturated rings. The number of nitrogens with one attached hydrogen (secondary N) is 2. The van der Waals surface area contributed by atoms with Gasteiger partial charge >= 0.3 is 0 Å². The summed E-state index contributed by atoms with van der Waals surface area (Å²) in [5, 5.41) is 3.12. The average Bonchev–Trinajstić information content (AvgIpc) is 3.31. The minimum absolute atomic E-state index is 0.0773. The molecule has 1 atom stereocenters. The lowest BCUT2D eigenvalue weighted by molar-refractivity contribution is -0.914. The zero-order chi connectivity index (χ0) is 13.9. The zero-order valence-corrected chi connectivity index (χ0v) is 12.1. The van der Waals surface area contributed by atoms with E-state index >= 15 is 0 Å². The Morgan fingerprint density at radius 1 is 1.25 bits per heavy atom. The fourth-order valence-corrected chi connectivity index (χ4v) is 2.86. The summed E-state index contributed by atoms with van der Waals surface area (Å²) in [5.41, 5.74) is 1.29. The van der Waals surface area contributed by atoms with Crippen LogP contribution in [0.15, 0.2) is 30.3 Å². The molecule has 4 heteroatoms. The molecule has 4 nitrogen and oxygen atoms in total. The van der Waals surface area contributed by atoms with Gasteiger partial charge in [0, 0.05) is 11.7 Å². The van der Waals surface area contributed by atoms with Crippen molar-refractivity contribution in [2.75, 3.05) is 31.1 Å². The summed E-state index contributed by atoms with van der Waals surface area (Å²) in [6, 6.07) is 11.1. The van der Waals surface area contributed by atoms with Crippen LogP contribution in [0.3, 0.4) is 0 Å². The van der Waals surface area contributed by atoms with Crippen molar-refractivity contribution in [3.05, 3.63) is 30.3 Å². The van der Waals surface area contributed by atoms with Crippen LogP contribution in [0.1, 0.15) is 19.8 Å². The molecule has 0 bridgehead atoms. The molecule has 1 saturated carbocycles. The van der Waals surface area contributed by atoms with Gasteiger partial charge in [-0.25, -0.2) is 0 Å². The Morgan fingerprint density at radius 2 is 1.90 bits per heavy atom. The molecular weight excluding hydrogens is 250 g/mol. The first-order chi connectivity index (χ1) is 9.74. The van der Waals surface area contributed by atoms with Gasteiger partial charge in [0.25, 0.3) is 5.91 Å². The number of hydrogen-bond donors (Lipinski definition) is 2. The topological polar surface area (TPSA) is 36.8 Å². The highest BCUT2D eigenvalue weighted by Crippen LogP contribution is 2.18. The number of nitrogens with zero attached hydrogens (tertiary/aromatic N) is 1. The predicted molar refractivity (Wildman–Crippen MR) is 80.0 cm³/mol. The van der Waals surface area contributed by atoms with E-state index < -0.39 is 0 Å². The highest BCUT2D eigenvalue weighted by atomic mass is 16.2. The summed E-state index contributed by atoms with van der Waals surface area (Å²) >= 11 is 0. The fourth-order valence-electron chi connectivity index (χ4n) is 2.86. The lowest BCUT2D eigenvalue weighted by Gasteiger charge is -2.36. The van der Waals surface area contributed by atoms with Crippen LogP contribution in [0.2, 0.25) is 0 Å². The standard InChI is InChI=1S/C16H23N3O/c1-13(16(20)17-14-7-8-14)18-9-11-19(12-10-18)15-5-3-2-4-6-15/h2-6,13-14H,7-12H2,1H3,(H,17,20)/p+1/t13-/m1/s1. The van der Waals surface area contributed by atoms with Gasteiger partial charge in [0.15, 0.2) is 6.04 Å².